The van der Waals surface area contributed by atoms with Gasteiger partial charge in [0.15, 0.2) is 0 Å². The normalized spacial score (nSPS) is 27.2. The predicted octanol–water partition coefficient (Wildman–Crippen LogP) is 9.01. The van der Waals surface area contributed by atoms with Crippen molar-refractivity contribution >= 4 is 118 Å². The summed E-state index contributed by atoms with van der Waals surface area (Å²) < 4.78 is 10.3. The average Bonchev–Trinajstić information content (AvgIpc) is 3.37. The Kier molecular flexibility index (Phi) is 7.18. The Morgan fingerprint density at radius 1 is 0.577 bits per heavy atom. The first kappa shape index (κ1) is 19.9. The molecule has 0 amide bonds. The van der Waals surface area contributed by atoms with Crippen molar-refractivity contribution in [3.05, 3.63) is 58.2 Å². The SMILES string of the molecule is C1=C(C=C2SC3=C(SCCS3)S2)S/C(=C\C=C2SC3=C(SCCS3)S2)S1. The van der Waals surface area contributed by atoms with Gasteiger partial charge >= 0.3 is 0 Å². The lowest BCUT2D eigenvalue weighted by Gasteiger charge is -2.08. The molecule has 26 heavy (non-hydrogen) atoms. The van der Waals surface area contributed by atoms with Crippen LogP contribution in [-0.4, -0.2) is 23.0 Å². The minimum absolute atomic E-state index is 1.25. The van der Waals surface area contributed by atoms with Crippen molar-refractivity contribution < 1.29 is 0 Å². The van der Waals surface area contributed by atoms with E-state index in [2.05, 4.69) is 23.6 Å². The first-order valence-corrected chi connectivity index (χ1v) is 16.6. The van der Waals surface area contributed by atoms with Crippen LogP contribution in [0.2, 0.25) is 0 Å². The van der Waals surface area contributed by atoms with Crippen molar-refractivity contribution in [3.63, 3.8) is 0 Å². The molecule has 0 atom stereocenters. The van der Waals surface area contributed by atoms with Gasteiger partial charge in [-0.25, -0.2) is 0 Å². The molecule has 0 aromatic carbocycles. The van der Waals surface area contributed by atoms with E-state index in [1.54, 1.807) is 0 Å². The van der Waals surface area contributed by atoms with Crippen LogP contribution in [0.25, 0.3) is 0 Å². The maximum Gasteiger partial charge on any atom is 0.0660 e. The second-order valence-electron chi connectivity index (χ2n) is 5.13. The molecular formula is C16H12S10. The fraction of sp³-hybridized carbons (Fsp3) is 0.250. The van der Waals surface area contributed by atoms with Crippen molar-refractivity contribution in [2.24, 2.45) is 0 Å². The Morgan fingerprint density at radius 2 is 1.08 bits per heavy atom. The van der Waals surface area contributed by atoms with Crippen LogP contribution in [0.1, 0.15) is 0 Å². The lowest BCUT2D eigenvalue weighted by molar-refractivity contribution is 1.56. The van der Waals surface area contributed by atoms with Gasteiger partial charge in [-0.1, -0.05) is 70.6 Å². The third-order valence-electron chi connectivity index (χ3n) is 3.33. The van der Waals surface area contributed by atoms with Gasteiger partial charge in [0.1, 0.15) is 0 Å². The Balaban J connectivity index is 1.18. The summed E-state index contributed by atoms with van der Waals surface area (Å²) in [5.41, 5.74) is 0. The molecule has 0 bridgehead atoms. The molecule has 5 rings (SSSR count). The number of allylic oxidation sites excluding steroid dienone is 3. The van der Waals surface area contributed by atoms with E-state index < -0.39 is 0 Å². The molecule has 0 fully saturated rings. The highest BCUT2D eigenvalue weighted by Crippen LogP contribution is 2.61. The van der Waals surface area contributed by atoms with E-state index in [1.165, 1.54) is 57.6 Å². The van der Waals surface area contributed by atoms with Crippen molar-refractivity contribution in [1.29, 1.82) is 0 Å². The molecule has 0 unspecified atom stereocenters. The third kappa shape index (κ3) is 4.81. The summed E-state index contributed by atoms with van der Waals surface area (Å²) in [4.78, 5) is 1.37. The highest BCUT2D eigenvalue weighted by atomic mass is 32.3. The van der Waals surface area contributed by atoms with Crippen LogP contribution in [0.3, 0.4) is 0 Å². The molecule has 5 aliphatic heterocycles. The summed E-state index contributed by atoms with van der Waals surface area (Å²) in [6, 6.07) is 0. The smallest absolute Gasteiger partial charge is 0.0660 e. The Morgan fingerprint density at radius 3 is 1.65 bits per heavy atom. The van der Waals surface area contributed by atoms with Crippen molar-refractivity contribution in [3.8, 4) is 0 Å². The first-order valence-electron chi connectivity index (χ1n) is 7.73. The molecule has 0 aromatic heterocycles. The van der Waals surface area contributed by atoms with Crippen LogP contribution in [0.4, 0.5) is 0 Å². The van der Waals surface area contributed by atoms with Crippen LogP contribution in [-0.2, 0) is 0 Å². The second-order valence-corrected chi connectivity index (χ2v) is 17.6. The molecule has 0 saturated carbocycles. The monoisotopic (exact) mass is 524 g/mol. The Hall–Kier alpha value is 1.94. The Bertz CT molecular complexity index is 773. The van der Waals surface area contributed by atoms with Gasteiger partial charge in [0.05, 0.1) is 25.4 Å². The van der Waals surface area contributed by atoms with E-state index in [1.807, 2.05) is 118 Å². The van der Waals surface area contributed by atoms with Gasteiger partial charge in [0.25, 0.3) is 0 Å². The van der Waals surface area contributed by atoms with Gasteiger partial charge in [-0.15, -0.1) is 47.0 Å². The summed E-state index contributed by atoms with van der Waals surface area (Å²) in [5, 5.41) is 2.30. The molecule has 5 heterocycles. The summed E-state index contributed by atoms with van der Waals surface area (Å²) in [6.07, 6.45) is 6.97. The molecule has 136 valence electrons. The van der Waals surface area contributed by atoms with Gasteiger partial charge in [-0.3, -0.25) is 0 Å². The molecule has 0 aromatic rings. The average molecular weight is 525 g/mol. The fourth-order valence-corrected chi connectivity index (χ4v) is 16.0. The van der Waals surface area contributed by atoms with Crippen LogP contribution in [0.15, 0.2) is 58.2 Å². The van der Waals surface area contributed by atoms with E-state index in [4.69, 9.17) is 0 Å². The predicted molar refractivity (Wildman–Crippen MR) is 142 cm³/mol. The topological polar surface area (TPSA) is 0 Å². The highest BCUT2D eigenvalue weighted by molar-refractivity contribution is 8.42. The fourth-order valence-electron chi connectivity index (χ4n) is 2.26. The number of thioether (sulfide) groups is 10. The van der Waals surface area contributed by atoms with E-state index in [9.17, 15) is 0 Å². The number of rotatable bonds is 2. The highest BCUT2D eigenvalue weighted by Gasteiger charge is 2.26. The van der Waals surface area contributed by atoms with Crippen molar-refractivity contribution in [2.75, 3.05) is 23.0 Å². The lowest BCUT2D eigenvalue weighted by atomic mass is 10.6. The molecule has 5 aliphatic rings. The maximum absolute atomic E-state index is 2.37. The minimum atomic E-state index is 1.25. The summed E-state index contributed by atoms with van der Waals surface area (Å²) in [5.74, 6) is 5.02. The summed E-state index contributed by atoms with van der Waals surface area (Å²) >= 11 is 19.7. The van der Waals surface area contributed by atoms with Crippen LogP contribution >= 0.6 is 118 Å². The molecular weight excluding hydrogens is 513 g/mol. The van der Waals surface area contributed by atoms with Gasteiger partial charge in [-0.05, 0) is 23.6 Å². The van der Waals surface area contributed by atoms with Gasteiger partial charge in [0, 0.05) is 32.2 Å². The third-order valence-corrected chi connectivity index (χ3v) is 16.9. The van der Waals surface area contributed by atoms with Gasteiger partial charge in [0.2, 0.25) is 0 Å². The molecule has 0 spiro atoms. The number of hydrogen-bond donors (Lipinski definition) is 0. The maximum atomic E-state index is 2.37. The molecule has 0 radical (unpaired) electrons. The van der Waals surface area contributed by atoms with E-state index in [-0.39, 0.29) is 0 Å². The van der Waals surface area contributed by atoms with E-state index >= 15 is 0 Å². The molecule has 0 nitrogen and oxygen atoms in total. The summed E-state index contributed by atoms with van der Waals surface area (Å²) in [7, 11) is 0. The molecule has 0 saturated heterocycles. The largest absolute Gasteiger partial charge is 0.116 e. The molecule has 0 N–H and O–H groups in total. The zero-order valence-corrected chi connectivity index (χ0v) is 21.4. The zero-order valence-electron chi connectivity index (χ0n) is 13.2. The van der Waals surface area contributed by atoms with E-state index in [0.29, 0.717) is 0 Å². The zero-order chi connectivity index (χ0) is 17.3. The Labute approximate surface area is 196 Å². The summed E-state index contributed by atoms with van der Waals surface area (Å²) in [6.45, 7) is 0. The van der Waals surface area contributed by atoms with Gasteiger partial charge < -0.3 is 0 Å². The second kappa shape index (κ2) is 9.39. The van der Waals surface area contributed by atoms with E-state index in [0.717, 1.165) is 0 Å². The molecule has 10 heteroatoms. The van der Waals surface area contributed by atoms with Crippen LogP contribution in [0, 0.1) is 0 Å². The lowest BCUT2D eigenvalue weighted by Crippen LogP contribution is -1.88. The van der Waals surface area contributed by atoms with Crippen LogP contribution in [0.5, 0.6) is 0 Å². The first-order chi connectivity index (χ1) is 12.8. The van der Waals surface area contributed by atoms with Gasteiger partial charge in [-0.2, -0.15) is 0 Å². The molecule has 0 aliphatic carbocycles. The van der Waals surface area contributed by atoms with Crippen molar-refractivity contribution in [2.45, 2.75) is 0 Å². The number of hydrogen-bond acceptors (Lipinski definition) is 10. The van der Waals surface area contributed by atoms with Crippen LogP contribution < -0.4 is 0 Å². The standard InChI is InChI=1S/C16H12S10/c1(2-11-23-13-14(24-11)18-4-3-17-13)10-21-8-9(22-10)7-12-25-15-16(26-12)20-6-5-19-15/h1-2,7-8H,3-6H2/b10-1-. The van der Waals surface area contributed by atoms with Crippen molar-refractivity contribution in [1.82, 2.24) is 0 Å². The quantitative estimate of drug-likeness (QED) is 0.341. The minimum Gasteiger partial charge on any atom is -0.116 e.